The van der Waals surface area contributed by atoms with E-state index < -0.39 is 0 Å². The van der Waals surface area contributed by atoms with Crippen LogP contribution in [-0.4, -0.2) is 0 Å². The van der Waals surface area contributed by atoms with E-state index in [1.54, 1.807) is 0 Å². The van der Waals surface area contributed by atoms with E-state index in [0.717, 1.165) is 12.8 Å². The third-order valence-corrected chi connectivity index (χ3v) is 4.77. The number of benzene rings is 2. The molecule has 0 nitrogen and oxygen atoms in total. The number of allylic oxidation sites excluding steroid dienone is 6. The van der Waals surface area contributed by atoms with Crippen molar-refractivity contribution in [1.82, 2.24) is 0 Å². The molecule has 122 valence electrons. The first kappa shape index (κ1) is 16.5. The van der Waals surface area contributed by atoms with Crippen molar-refractivity contribution in [1.29, 1.82) is 0 Å². The van der Waals surface area contributed by atoms with Gasteiger partial charge in [-0.1, -0.05) is 98.8 Å². The van der Waals surface area contributed by atoms with Gasteiger partial charge in [0.25, 0.3) is 0 Å². The molecule has 0 aromatic heterocycles. The highest BCUT2D eigenvalue weighted by molar-refractivity contribution is 5.43. The molecule has 1 aliphatic carbocycles. The molecule has 3 rings (SSSR count). The molecule has 1 aliphatic rings. The standard InChI is InChI=1S/C24H26/c1-3-11-20-13-8-7-12-19(2)24(21-14-5-4-6-15-21)23-17-10-9-16-22(23)18-20/h4-17,19,24H,3,18H2,1-2H3/b12-7+,13-8-,20-11-. The Morgan fingerprint density at radius 3 is 2.50 bits per heavy atom. The van der Waals surface area contributed by atoms with Crippen molar-refractivity contribution in [2.45, 2.75) is 32.6 Å². The number of fused-ring (bicyclic) bond motifs is 1. The summed E-state index contributed by atoms with van der Waals surface area (Å²) >= 11 is 0. The van der Waals surface area contributed by atoms with E-state index >= 15 is 0 Å². The van der Waals surface area contributed by atoms with Gasteiger partial charge in [0.1, 0.15) is 0 Å². The smallest absolute Gasteiger partial charge is 0.0152 e. The molecule has 0 saturated heterocycles. The molecule has 2 aromatic carbocycles. The molecular weight excluding hydrogens is 288 g/mol. The largest absolute Gasteiger partial charge is 0.0813 e. The van der Waals surface area contributed by atoms with Crippen molar-refractivity contribution < 1.29 is 0 Å². The molecule has 0 amide bonds. The summed E-state index contributed by atoms with van der Waals surface area (Å²) in [5, 5.41) is 0. The predicted octanol–water partition coefficient (Wildman–Crippen LogP) is 6.46. The SMILES string of the molecule is CC/C=C1/C=C\C=C\C(C)C(c2ccccc2)c2ccccc2C1. The van der Waals surface area contributed by atoms with Gasteiger partial charge in [-0.2, -0.15) is 0 Å². The van der Waals surface area contributed by atoms with Crippen LogP contribution >= 0.6 is 0 Å². The summed E-state index contributed by atoms with van der Waals surface area (Å²) in [6.07, 6.45) is 13.4. The number of rotatable bonds is 2. The summed E-state index contributed by atoms with van der Waals surface area (Å²) in [6, 6.07) is 19.9. The summed E-state index contributed by atoms with van der Waals surface area (Å²) in [5.41, 5.74) is 5.69. The van der Waals surface area contributed by atoms with Crippen LogP contribution in [0.4, 0.5) is 0 Å². The predicted molar refractivity (Wildman–Crippen MR) is 104 cm³/mol. The molecule has 0 radical (unpaired) electrons. The second-order valence-corrected chi connectivity index (χ2v) is 6.55. The zero-order valence-corrected chi connectivity index (χ0v) is 14.7. The molecule has 2 aromatic rings. The first-order chi connectivity index (χ1) is 11.8. The van der Waals surface area contributed by atoms with Crippen LogP contribution in [0.2, 0.25) is 0 Å². The maximum Gasteiger partial charge on any atom is 0.0152 e. The highest BCUT2D eigenvalue weighted by Crippen LogP contribution is 2.36. The molecule has 0 spiro atoms. The van der Waals surface area contributed by atoms with Crippen LogP contribution in [0.3, 0.4) is 0 Å². The van der Waals surface area contributed by atoms with Gasteiger partial charge in [0.05, 0.1) is 0 Å². The van der Waals surface area contributed by atoms with Crippen LogP contribution in [0.15, 0.2) is 90.6 Å². The molecule has 0 bridgehead atoms. The molecule has 0 N–H and O–H groups in total. The first-order valence-corrected chi connectivity index (χ1v) is 8.96. The molecule has 2 atom stereocenters. The van der Waals surface area contributed by atoms with E-state index in [1.807, 2.05) is 0 Å². The Kier molecular flexibility index (Phi) is 5.48. The van der Waals surface area contributed by atoms with Gasteiger partial charge in [0.15, 0.2) is 0 Å². The molecule has 0 heteroatoms. The summed E-state index contributed by atoms with van der Waals surface area (Å²) in [4.78, 5) is 0. The minimum absolute atomic E-state index is 0.396. The monoisotopic (exact) mass is 314 g/mol. The highest BCUT2D eigenvalue weighted by Gasteiger charge is 2.22. The van der Waals surface area contributed by atoms with Gasteiger partial charge >= 0.3 is 0 Å². The minimum atomic E-state index is 0.396. The molecule has 0 heterocycles. The van der Waals surface area contributed by atoms with Crippen molar-refractivity contribution in [2.24, 2.45) is 5.92 Å². The van der Waals surface area contributed by atoms with E-state index in [9.17, 15) is 0 Å². The van der Waals surface area contributed by atoms with E-state index in [4.69, 9.17) is 0 Å². The lowest BCUT2D eigenvalue weighted by atomic mass is 9.78. The van der Waals surface area contributed by atoms with E-state index in [2.05, 4.69) is 98.8 Å². The zero-order valence-electron chi connectivity index (χ0n) is 14.7. The Bertz CT molecular complexity index is 747. The third-order valence-electron chi connectivity index (χ3n) is 4.77. The molecule has 0 aliphatic heterocycles. The van der Waals surface area contributed by atoms with Gasteiger partial charge in [-0.05, 0) is 41.0 Å². The lowest BCUT2D eigenvalue weighted by Gasteiger charge is -2.26. The Morgan fingerprint density at radius 2 is 1.71 bits per heavy atom. The topological polar surface area (TPSA) is 0 Å². The van der Waals surface area contributed by atoms with Gasteiger partial charge < -0.3 is 0 Å². The molecule has 2 unspecified atom stereocenters. The quantitative estimate of drug-likeness (QED) is 0.596. The van der Waals surface area contributed by atoms with E-state index in [1.165, 1.54) is 22.3 Å². The Morgan fingerprint density at radius 1 is 0.958 bits per heavy atom. The van der Waals surface area contributed by atoms with Gasteiger partial charge in [0, 0.05) is 5.92 Å². The van der Waals surface area contributed by atoms with Crippen molar-refractivity contribution in [2.75, 3.05) is 0 Å². The summed E-state index contributed by atoms with van der Waals surface area (Å²) < 4.78 is 0. The Hall–Kier alpha value is -2.34. The number of hydrogen-bond acceptors (Lipinski definition) is 0. The normalized spacial score (nSPS) is 25.0. The fraction of sp³-hybridized carbons (Fsp3) is 0.250. The zero-order chi connectivity index (χ0) is 16.8. The summed E-state index contributed by atoms with van der Waals surface area (Å²) in [7, 11) is 0. The molecule has 24 heavy (non-hydrogen) atoms. The van der Waals surface area contributed by atoms with Crippen LogP contribution in [0.5, 0.6) is 0 Å². The Balaban J connectivity index is 2.14. The number of hydrogen-bond donors (Lipinski definition) is 0. The van der Waals surface area contributed by atoms with Crippen molar-refractivity contribution >= 4 is 0 Å². The molecular formula is C24H26. The maximum absolute atomic E-state index is 2.34. The average molecular weight is 314 g/mol. The minimum Gasteiger partial charge on any atom is -0.0813 e. The van der Waals surface area contributed by atoms with Crippen LogP contribution in [0.25, 0.3) is 0 Å². The first-order valence-electron chi connectivity index (χ1n) is 8.96. The van der Waals surface area contributed by atoms with Crippen molar-refractivity contribution in [3.05, 3.63) is 107 Å². The summed E-state index contributed by atoms with van der Waals surface area (Å²) in [5.74, 6) is 0.850. The molecule has 0 fully saturated rings. The van der Waals surface area contributed by atoms with Gasteiger partial charge in [-0.3, -0.25) is 0 Å². The second kappa shape index (κ2) is 7.97. The fourth-order valence-corrected chi connectivity index (χ4v) is 3.64. The van der Waals surface area contributed by atoms with Gasteiger partial charge in [0.2, 0.25) is 0 Å². The van der Waals surface area contributed by atoms with E-state index in [-0.39, 0.29) is 0 Å². The lowest BCUT2D eigenvalue weighted by molar-refractivity contribution is 0.619. The van der Waals surface area contributed by atoms with Crippen LogP contribution in [0.1, 0.15) is 42.9 Å². The fourth-order valence-electron chi connectivity index (χ4n) is 3.64. The van der Waals surface area contributed by atoms with Crippen molar-refractivity contribution in [3.8, 4) is 0 Å². The average Bonchev–Trinajstić information content (AvgIpc) is 2.61. The molecule has 0 saturated carbocycles. The Labute approximate surface area is 146 Å². The second-order valence-electron chi connectivity index (χ2n) is 6.55. The van der Waals surface area contributed by atoms with E-state index in [0.29, 0.717) is 11.8 Å². The maximum atomic E-state index is 2.34. The van der Waals surface area contributed by atoms with Gasteiger partial charge in [-0.15, -0.1) is 0 Å². The van der Waals surface area contributed by atoms with Crippen LogP contribution < -0.4 is 0 Å². The lowest BCUT2D eigenvalue weighted by Crippen LogP contribution is -2.12. The van der Waals surface area contributed by atoms with Gasteiger partial charge in [-0.25, -0.2) is 0 Å². The van der Waals surface area contributed by atoms with Crippen LogP contribution in [-0.2, 0) is 6.42 Å². The summed E-state index contributed by atoms with van der Waals surface area (Å²) in [6.45, 7) is 4.53. The van der Waals surface area contributed by atoms with Crippen LogP contribution in [0, 0.1) is 5.92 Å². The third kappa shape index (κ3) is 3.76. The van der Waals surface area contributed by atoms with Crippen molar-refractivity contribution in [3.63, 3.8) is 0 Å². The highest BCUT2D eigenvalue weighted by atomic mass is 14.3.